The molecule has 3 aliphatic carbocycles. The van der Waals surface area contributed by atoms with Crippen molar-refractivity contribution in [1.82, 2.24) is 0 Å². The Labute approximate surface area is 133 Å². The highest BCUT2D eigenvalue weighted by Crippen LogP contribution is 2.58. The van der Waals surface area contributed by atoms with Gasteiger partial charge in [0.05, 0.1) is 7.11 Å². The molecule has 0 radical (unpaired) electrons. The Morgan fingerprint density at radius 1 is 1.18 bits per heavy atom. The number of allylic oxidation sites excluding steroid dienone is 2. The molecule has 0 aromatic heterocycles. The summed E-state index contributed by atoms with van der Waals surface area (Å²) in [6, 6.07) is 0. The van der Waals surface area contributed by atoms with Crippen LogP contribution < -0.4 is 0 Å². The van der Waals surface area contributed by atoms with Crippen LogP contribution in [0.3, 0.4) is 0 Å². The predicted molar refractivity (Wildman–Crippen MR) is 85.2 cm³/mol. The number of ether oxygens (including phenoxy) is 1. The highest BCUT2D eigenvalue weighted by molar-refractivity contribution is 6.05. The molecule has 2 saturated carbocycles. The van der Waals surface area contributed by atoms with Crippen molar-refractivity contribution in [3.63, 3.8) is 0 Å². The molecule has 22 heavy (non-hydrogen) atoms. The molecule has 3 aliphatic rings. The largest absolute Gasteiger partial charge is 0.468 e. The number of hydrogen-bond acceptors (Lipinski definition) is 3. The molecular formula is C19H28O3. The Morgan fingerprint density at radius 2 is 2.00 bits per heavy atom. The molecule has 0 unspecified atom stereocenters. The van der Waals surface area contributed by atoms with Crippen LogP contribution in [-0.4, -0.2) is 18.9 Å². The topological polar surface area (TPSA) is 43.4 Å². The fourth-order valence-corrected chi connectivity index (χ4v) is 5.25. The maximum atomic E-state index is 12.7. The van der Waals surface area contributed by atoms with Crippen LogP contribution in [0, 0.1) is 23.2 Å². The predicted octanol–water partition coefficient (Wildman–Crippen LogP) is 4.06. The van der Waals surface area contributed by atoms with E-state index in [1.165, 1.54) is 32.8 Å². The van der Waals surface area contributed by atoms with Gasteiger partial charge in [0.1, 0.15) is 5.41 Å². The molecule has 3 rings (SSSR count). The van der Waals surface area contributed by atoms with Crippen LogP contribution in [0.25, 0.3) is 0 Å². The molecule has 0 aromatic rings. The molecule has 0 amide bonds. The van der Waals surface area contributed by atoms with Gasteiger partial charge in [-0.1, -0.05) is 31.4 Å². The molecule has 0 heterocycles. The van der Waals surface area contributed by atoms with Crippen LogP contribution in [0.2, 0.25) is 0 Å². The first-order valence-electron chi connectivity index (χ1n) is 8.98. The second-order valence-electron chi connectivity index (χ2n) is 7.34. The number of ketones is 1. The second-order valence-corrected chi connectivity index (χ2v) is 7.34. The van der Waals surface area contributed by atoms with E-state index < -0.39 is 5.41 Å². The van der Waals surface area contributed by atoms with Crippen LogP contribution in [0.4, 0.5) is 0 Å². The number of methoxy groups -OCH3 is 1. The third-order valence-electron chi connectivity index (χ3n) is 6.27. The Kier molecular flexibility index (Phi) is 4.70. The van der Waals surface area contributed by atoms with Crippen molar-refractivity contribution in [2.75, 3.05) is 7.11 Å². The first kappa shape index (κ1) is 15.8. The third-order valence-corrected chi connectivity index (χ3v) is 6.27. The normalized spacial score (nSPS) is 40.4. The summed E-state index contributed by atoms with van der Waals surface area (Å²) in [5.41, 5.74) is -0.833. The van der Waals surface area contributed by atoms with Gasteiger partial charge < -0.3 is 4.74 Å². The van der Waals surface area contributed by atoms with Gasteiger partial charge in [-0.2, -0.15) is 0 Å². The summed E-state index contributed by atoms with van der Waals surface area (Å²) in [7, 11) is 1.43. The van der Waals surface area contributed by atoms with E-state index in [1.54, 1.807) is 0 Å². The zero-order chi connectivity index (χ0) is 15.6. The van der Waals surface area contributed by atoms with Gasteiger partial charge in [0.25, 0.3) is 0 Å². The summed E-state index contributed by atoms with van der Waals surface area (Å²) in [4.78, 5) is 25.3. The molecular weight excluding hydrogens is 276 g/mol. The molecule has 0 N–H and O–H groups in total. The highest BCUT2D eigenvalue weighted by atomic mass is 16.5. The number of Topliss-reactive ketones (excluding diaryl/α,β-unsaturated/α-hetero) is 1. The van der Waals surface area contributed by atoms with Gasteiger partial charge in [-0.05, 0) is 56.3 Å². The number of carbonyl (C=O) groups is 2. The van der Waals surface area contributed by atoms with Gasteiger partial charge in [-0.3, -0.25) is 9.59 Å². The van der Waals surface area contributed by atoms with E-state index in [9.17, 15) is 9.59 Å². The lowest BCUT2D eigenvalue weighted by Crippen LogP contribution is -2.47. The summed E-state index contributed by atoms with van der Waals surface area (Å²) in [6.45, 7) is 0. The van der Waals surface area contributed by atoms with E-state index in [0.29, 0.717) is 24.7 Å². The Hall–Kier alpha value is -1.12. The minimum atomic E-state index is -0.833. The number of hydrogen-bond donors (Lipinski definition) is 0. The van der Waals surface area contributed by atoms with E-state index >= 15 is 0 Å². The van der Waals surface area contributed by atoms with Crippen LogP contribution in [0.1, 0.15) is 64.2 Å². The van der Waals surface area contributed by atoms with E-state index in [-0.39, 0.29) is 17.7 Å². The van der Waals surface area contributed by atoms with Crippen LogP contribution in [0.5, 0.6) is 0 Å². The Morgan fingerprint density at radius 3 is 2.82 bits per heavy atom. The molecule has 122 valence electrons. The molecule has 0 bridgehead atoms. The average Bonchev–Trinajstić information content (AvgIpc) is 2.86. The Balaban J connectivity index is 1.94. The van der Waals surface area contributed by atoms with Crippen molar-refractivity contribution in [3.8, 4) is 0 Å². The number of fused-ring (bicyclic) bond motifs is 3. The van der Waals surface area contributed by atoms with Gasteiger partial charge in [0.2, 0.25) is 0 Å². The van der Waals surface area contributed by atoms with Crippen molar-refractivity contribution in [2.45, 2.75) is 64.2 Å². The smallest absolute Gasteiger partial charge is 0.319 e. The zero-order valence-corrected chi connectivity index (χ0v) is 13.7. The van der Waals surface area contributed by atoms with E-state index in [1.807, 2.05) is 0 Å². The molecule has 3 heteroatoms. The first-order valence-corrected chi connectivity index (χ1v) is 8.98. The highest BCUT2D eigenvalue weighted by Gasteiger charge is 2.62. The van der Waals surface area contributed by atoms with Crippen LogP contribution in [-0.2, 0) is 14.3 Å². The van der Waals surface area contributed by atoms with Crippen molar-refractivity contribution < 1.29 is 14.3 Å². The summed E-state index contributed by atoms with van der Waals surface area (Å²) in [6.07, 6.45) is 15.1. The first-order chi connectivity index (χ1) is 10.7. The lowest BCUT2D eigenvalue weighted by molar-refractivity contribution is -0.163. The van der Waals surface area contributed by atoms with Gasteiger partial charge in [0.15, 0.2) is 5.78 Å². The molecule has 2 fully saturated rings. The SMILES string of the molecule is COC(=O)[C@@]12C[C@@H]3/C=C/CCCCCC[C@@H]3[C@H]1CCCC2=O. The molecule has 0 saturated heterocycles. The van der Waals surface area contributed by atoms with E-state index in [2.05, 4.69) is 12.2 Å². The fourth-order valence-electron chi connectivity index (χ4n) is 5.25. The lowest BCUT2D eigenvalue weighted by atomic mass is 9.65. The number of carbonyl (C=O) groups excluding carboxylic acids is 2. The lowest BCUT2D eigenvalue weighted by Gasteiger charge is -2.37. The number of rotatable bonds is 1. The third kappa shape index (κ3) is 2.53. The van der Waals surface area contributed by atoms with E-state index in [4.69, 9.17) is 4.74 Å². The van der Waals surface area contributed by atoms with Gasteiger partial charge in [-0.25, -0.2) is 0 Å². The van der Waals surface area contributed by atoms with Crippen LogP contribution >= 0.6 is 0 Å². The van der Waals surface area contributed by atoms with Crippen LogP contribution in [0.15, 0.2) is 12.2 Å². The average molecular weight is 304 g/mol. The summed E-state index contributed by atoms with van der Waals surface area (Å²) >= 11 is 0. The van der Waals surface area contributed by atoms with Crippen molar-refractivity contribution in [1.29, 1.82) is 0 Å². The monoisotopic (exact) mass is 304 g/mol. The molecule has 0 aromatic carbocycles. The van der Waals surface area contributed by atoms with Gasteiger partial charge >= 0.3 is 5.97 Å². The van der Waals surface area contributed by atoms with Crippen molar-refractivity contribution in [3.05, 3.63) is 12.2 Å². The molecule has 3 nitrogen and oxygen atoms in total. The minimum absolute atomic E-state index is 0.145. The summed E-state index contributed by atoms with van der Waals surface area (Å²) < 4.78 is 5.10. The van der Waals surface area contributed by atoms with Gasteiger partial charge in [-0.15, -0.1) is 0 Å². The van der Waals surface area contributed by atoms with E-state index in [0.717, 1.165) is 25.7 Å². The standard InChI is InChI=1S/C19H28O3/c1-22-18(21)19-13-14-9-6-4-2-3-5-7-10-15(14)16(19)11-8-12-17(19)20/h6,9,14-16H,2-5,7-8,10-13H2,1H3/b9-6+/t14-,15-,16+,19-/m0/s1. The number of esters is 1. The second kappa shape index (κ2) is 6.55. The minimum Gasteiger partial charge on any atom is -0.468 e. The Bertz CT molecular complexity index is 457. The maximum absolute atomic E-state index is 12.7. The molecule has 4 atom stereocenters. The van der Waals surface area contributed by atoms with Gasteiger partial charge in [0, 0.05) is 6.42 Å². The summed E-state index contributed by atoms with van der Waals surface area (Å²) in [5.74, 6) is 0.946. The quantitative estimate of drug-likeness (QED) is 0.417. The zero-order valence-electron chi connectivity index (χ0n) is 13.7. The maximum Gasteiger partial charge on any atom is 0.319 e. The van der Waals surface area contributed by atoms with Crippen molar-refractivity contribution >= 4 is 11.8 Å². The molecule has 0 aliphatic heterocycles. The fraction of sp³-hybridized carbons (Fsp3) is 0.789. The van der Waals surface area contributed by atoms with Crippen molar-refractivity contribution in [2.24, 2.45) is 23.2 Å². The summed E-state index contributed by atoms with van der Waals surface area (Å²) in [5, 5.41) is 0. The molecule has 0 spiro atoms.